The van der Waals surface area contributed by atoms with Gasteiger partial charge < -0.3 is 30.0 Å². The van der Waals surface area contributed by atoms with Crippen LogP contribution in [0, 0.1) is 37.3 Å². The van der Waals surface area contributed by atoms with E-state index in [0.717, 1.165) is 56.3 Å². The standard InChI is InChI=1S/C16H12N.2C15H10N.2C11H8N.C5H8O2.3Ir/c1-12-6-8-14(9-7-12)16-15-5-3-2-4-13(15)10-11-17-16;2*1-2-7-13(8-3-1)15-14-9-5-4-6-12(14)10-11-16-15;2*1-2-6-10(7-3-1)11-8-4-5-9-12-11;1-4(6)3-5(2)7;;;/h2-8,10-11H,1H3;2*1-7,9-11H;2*1-6,8-9H;3,6H,1-2H3;;;/q5*-1;;;;. The van der Waals surface area contributed by atoms with Gasteiger partial charge in [-0.25, -0.2) is 0 Å². The third-order valence-electron chi connectivity index (χ3n) is 11.9. The predicted octanol–water partition coefficient (Wildman–Crippen LogP) is 17.5. The van der Waals surface area contributed by atoms with Gasteiger partial charge in [0.05, 0.1) is 5.76 Å². The summed E-state index contributed by atoms with van der Waals surface area (Å²) in [6.45, 7) is 4.91. The Balaban J connectivity index is 0.000000184. The van der Waals surface area contributed by atoms with E-state index < -0.39 is 0 Å². The van der Waals surface area contributed by atoms with Crippen LogP contribution in [0.4, 0.5) is 0 Å². The molecular formula is C73H56Ir3N5O2-5. The number of aliphatic hydroxyl groups excluding tert-OH is 1. The van der Waals surface area contributed by atoms with Crippen molar-refractivity contribution < 1.29 is 70.2 Å². The Hall–Kier alpha value is -8.55. The first-order chi connectivity index (χ1) is 39.3. The zero-order chi connectivity index (χ0) is 55.6. The van der Waals surface area contributed by atoms with Crippen LogP contribution < -0.4 is 0 Å². The molecule has 8 aromatic carbocycles. The molecule has 5 aromatic heterocycles. The smallest absolute Gasteiger partial charge is 0.155 e. The number of carbonyl (C=O) groups excluding carboxylic acids is 1. The molecule has 0 amide bonds. The number of benzene rings is 8. The van der Waals surface area contributed by atoms with Crippen LogP contribution in [0.1, 0.15) is 19.4 Å². The molecule has 417 valence electrons. The second-order valence-corrected chi connectivity index (χ2v) is 17.9. The molecule has 0 saturated heterocycles. The van der Waals surface area contributed by atoms with Gasteiger partial charge in [0, 0.05) is 97.4 Å². The van der Waals surface area contributed by atoms with E-state index in [0.29, 0.717) is 0 Å². The van der Waals surface area contributed by atoms with Gasteiger partial charge in [0.2, 0.25) is 0 Å². The molecule has 0 aliphatic carbocycles. The number of fused-ring (bicyclic) bond motifs is 3. The number of hydrogen-bond acceptors (Lipinski definition) is 7. The third kappa shape index (κ3) is 20.1. The summed E-state index contributed by atoms with van der Waals surface area (Å²) >= 11 is 0. The van der Waals surface area contributed by atoms with E-state index in [2.05, 4.69) is 111 Å². The van der Waals surface area contributed by atoms with Crippen LogP contribution in [0.5, 0.6) is 0 Å². The zero-order valence-electron chi connectivity index (χ0n) is 45.6. The molecule has 1 N–H and O–H groups in total. The van der Waals surface area contributed by atoms with E-state index in [-0.39, 0.29) is 71.9 Å². The minimum atomic E-state index is -0.125. The number of allylic oxidation sites excluding steroid dienone is 2. The number of carbonyl (C=O) groups is 1. The summed E-state index contributed by atoms with van der Waals surface area (Å²) < 4.78 is 0. The number of aliphatic hydroxyl groups is 1. The average Bonchev–Trinajstić information content (AvgIpc) is 3.72. The maximum absolute atomic E-state index is 10.0. The molecule has 7 nitrogen and oxygen atoms in total. The molecule has 3 radical (unpaired) electrons. The molecule has 83 heavy (non-hydrogen) atoms. The van der Waals surface area contributed by atoms with Crippen molar-refractivity contribution in [3.63, 3.8) is 0 Å². The Labute approximate surface area is 527 Å². The molecule has 13 rings (SSSR count). The summed E-state index contributed by atoms with van der Waals surface area (Å²) in [5.41, 5.74) is 11.4. The Morgan fingerprint density at radius 1 is 0.361 bits per heavy atom. The van der Waals surface area contributed by atoms with Crippen LogP contribution in [0.3, 0.4) is 0 Å². The SMILES string of the molecule is CC(=O)C=C(C)O.Cc1c[c-]c(-c2nccc3ccccc23)cc1.[Ir].[Ir].[Ir].[c-]1ccccc1-c1ccccn1.[c-]1ccccc1-c1ccccn1.[c-]1ccccc1-c1nccc2ccccc12.[c-]1ccccc1-c1nccc2ccccc12. The first-order valence-electron chi connectivity index (χ1n) is 25.9. The van der Waals surface area contributed by atoms with E-state index in [9.17, 15) is 4.79 Å². The third-order valence-corrected chi connectivity index (χ3v) is 11.9. The number of aromatic nitrogens is 5. The fraction of sp³-hybridized carbons (Fsp3) is 0.0411. The van der Waals surface area contributed by atoms with Crippen molar-refractivity contribution in [1.82, 2.24) is 24.9 Å². The molecule has 0 aliphatic rings. The van der Waals surface area contributed by atoms with Crippen molar-refractivity contribution >= 4 is 38.1 Å². The first kappa shape index (κ1) is 65.3. The molecule has 0 aliphatic heterocycles. The molecule has 0 saturated carbocycles. The van der Waals surface area contributed by atoms with Crippen LogP contribution in [0.2, 0.25) is 0 Å². The number of nitrogens with zero attached hydrogens (tertiary/aromatic N) is 5. The molecule has 0 unspecified atom stereocenters. The Morgan fingerprint density at radius 2 is 0.699 bits per heavy atom. The quantitative estimate of drug-likeness (QED) is 0.101. The number of pyridine rings is 5. The minimum absolute atomic E-state index is 0. The van der Waals surface area contributed by atoms with Gasteiger partial charge in [0.25, 0.3) is 0 Å². The Morgan fingerprint density at radius 3 is 0.988 bits per heavy atom. The van der Waals surface area contributed by atoms with Crippen LogP contribution in [-0.4, -0.2) is 35.8 Å². The van der Waals surface area contributed by atoms with Crippen molar-refractivity contribution in [2.75, 3.05) is 0 Å². The average molecular weight is 1610 g/mol. The Bertz CT molecular complexity index is 3710. The van der Waals surface area contributed by atoms with E-state index in [4.69, 9.17) is 5.11 Å². The van der Waals surface area contributed by atoms with Crippen molar-refractivity contribution in [3.8, 4) is 56.3 Å². The van der Waals surface area contributed by atoms with Crippen molar-refractivity contribution in [2.24, 2.45) is 0 Å². The number of aryl methyl sites for hydroxylation is 1. The summed E-state index contributed by atoms with van der Waals surface area (Å²) in [4.78, 5) is 31.8. The maximum atomic E-state index is 10.0. The second-order valence-electron chi connectivity index (χ2n) is 17.9. The maximum Gasteiger partial charge on any atom is 0.155 e. The van der Waals surface area contributed by atoms with E-state index >= 15 is 0 Å². The largest absolute Gasteiger partial charge is 0.512 e. The molecular weight excluding hydrogens is 1560 g/mol. The number of rotatable bonds is 6. The fourth-order valence-corrected chi connectivity index (χ4v) is 8.18. The van der Waals surface area contributed by atoms with Gasteiger partial charge in [-0.2, -0.15) is 0 Å². The van der Waals surface area contributed by atoms with Crippen LogP contribution >= 0.6 is 0 Å². The van der Waals surface area contributed by atoms with Crippen molar-refractivity contribution in [3.05, 3.63) is 321 Å². The van der Waals surface area contributed by atoms with Gasteiger partial charge in [-0.3, -0.25) is 4.79 Å². The van der Waals surface area contributed by atoms with Crippen LogP contribution in [-0.2, 0) is 65.1 Å². The summed E-state index contributed by atoms with van der Waals surface area (Å²) in [6, 6.07) is 96.3. The number of ketones is 1. The van der Waals surface area contributed by atoms with Gasteiger partial charge in [-0.05, 0) is 105 Å². The molecule has 0 bridgehead atoms. The molecule has 10 heteroatoms. The van der Waals surface area contributed by atoms with Crippen LogP contribution in [0.25, 0.3) is 88.6 Å². The summed E-state index contributed by atoms with van der Waals surface area (Å²) in [5, 5.41) is 15.5. The summed E-state index contributed by atoms with van der Waals surface area (Å²) in [7, 11) is 0. The molecule has 0 fully saturated rings. The van der Waals surface area contributed by atoms with Gasteiger partial charge in [-0.15, -0.1) is 179 Å². The van der Waals surface area contributed by atoms with E-state index in [1.807, 2.05) is 213 Å². The molecule has 13 aromatic rings. The predicted molar refractivity (Wildman–Crippen MR) is 327 cm³/mol. The fourth-order valence-electron chi connectivity index (χ4n) is 8.18. The van der Waals surface area contributed by atoms with Gasteiger partial charge in [-0.1, -0.05) is 104 Å². The Kier molecular flexibility index (Phi) is 27.8. The van der Waals surface area contributed by atoms with E-state index in [1.54, 1.807) is 12.4 Å². The minimum Gasteiger partial charge on any atom is -0.512 e. The van der Waals surface area contributed by atoms with E-state index in [1.165, 1.54) is 57.8 Å². The summed E-state index contributed by atoms with van der Waals surface area (Å²) in [6.07, 6.45) is 10.3. The molecule has 0 spiro atoms. The monoisotopic (exact) mass is 1610 g/mol. The van der Waals surface area contributed by atoms with Crippen molar-refractivity contribution in [2.45, 2.75) is 20.8 Å². The van der Waals surface area contributed by atoms with Gasteiger partial charge in [0.1, 0.15) is 0 Å². The van der Waals surface area contributed by atoms with Crippen molar-refractivity contribution in [1.29, 1.82) is 0 Å². The number of hydrogen-bond donors (Lipinski definition) is 1. The van der Waals surface area contributed by atoms with Gasteiger partial charge >= 0.3 is 0 Å². The summed E-state index contributed by atoms with van der Waals surface area (Å²) in [5.74, 6) is -0.0625. The van der Waals surface area contributed by atoms with Gasteiger partial charge in [0.15, 0.2) is 5.78 Å². The first-order valence-corrected chi connectivity index (χ1v) is 25.9. The molecule has 0 atom stereocenters. The normalized spacial score (nSPS) is 9.99. The van der Waals surface area contributed by atoms with Crippen LogP contribution in [0.15, 0.2) is 285 Å². The topological polar surface area (TPSA) is 102 Å². The molecule has 5 heterocycles. The zero-order valence-corrected chi connectivity index (χ0v) is 52.8. The second kappa shape index (κ2) is 35.3.